The average Bonchev–Trinajstić information content (AvgIpc) is 1.64. The van der Waals surface area contributed by atoms with Gasteiger partial charge in [-0.25, -0.2) is 0 Å². The monoisotopic (exact) mass is 150 g/mol. The van der Waals surface area contributed by atoms with Crippen LogP contribution in [0.15, 0.2) is 0 Å². The Kier molecular flexibility index (Phi) is 12.6. The first kappa shape index (κ1) is 16.8. The van der Waals surface area contributed by atoms with Gasteiger partial charge >= 0.3 is 37.7 Å². The van der Waals surface area contributed by atoms with Gasteiger partial charge in [-0.3, -0.25) is 0 Å². The molecule has 7 heteroatoms. The zero-order valence-electron chi connectivity index (χ0n) is 5.59. The predicted octanol–water partition coefficient (Wildman–Crippen LogP) is -8.90. The van der Waals surface area contributed by atoms with Gasteiger partial charge in [0.05, 0.1) is 11.9 Å². The predicted molar refractivity (Wildman–Crippen MR) is 19.7 cm³/mol. The van der Waals surface area contributed by atoms with Crippen LogP contribution in [-0.4, -0.2) is 17.3 Å². The molecule has 0 rings (SSSR count). The molecular formula is C3HClLi2O4. The van der Waals surface area contributed by atoms with Gasteiger partial charge in [0.2, 0.25) is 0 Å². The van der Waals surface area contributed by atoms with E-state index in [1.807, 2.05) is 0 Å². The molecule has 0 saturated heterocycles. The quantitative estimate of drug-likeness (QED) is 0.222. The second kappa shape index (κ2) is 7.53. The largest absolute Gasteiger partial charge is 1.00 e. The van der Waals surface area contributed by atoms with E-state index in [-0.39, 0.29) is 37.7 Å². The topological polar surface area (TPSA) is 80.3 Å². The molecule has 0 fully saturated rings. The summed E-state index contributed by atoms with van der Waals surface area (Å²) in [5.74, 6) is -3.71. The summed E-state index contributed by atoms with van der Waals surface area (Å²) >= 11 is 4.63. The van der Waals surface area contributed by atoms with Gasteiger partial charge in [0.25, 0.3) is 0 Å². The van der Waals surface area contributed by atoms with Crippen LogP contribution >= 0.6 is 11.6 Å². The number of carboxylic acid groups (broad SMARTS) is 2. The Bertz CT molecular complexity index is 114. The molecule has 10 heavy (non-hydrogen) atoms. The molecule has 46 valence electrons. The maximum Gasteiger partial charge on any atom is 1.00 e. The van der Waals surface area contributed by atoms with Crippen LogP contribution in [0, 0.1) is 0 Å². The van der Waals surface area contributed by atoms with Crippen molar-refractivity contribution in [2.75, 3.05) is 0 Å². The molecule has 0 aliphatic rings. The number of hydrogen-bond donors (Lipinski definition) is 0. The number of rotatable bonds is 2. The van der Waals surface area contributed by atoms with E-state index in [1.165, 1.54) is 0 Å². The van der Waals surface area contributed by atoms with Gasteiger partial charge < -0.3 is 19.8 Å². The van der Waals surface area contributed by atoms with Crippen molar-refractivity contribution in [1.29, 1.82) is 0 Å². The summed E-state index contributed by atoms with van der Waals surface area (Å²) < 4.78 is 0. The Balaban J connectivity index is -0.000000245. The summed E-state index contributed by atoms with van der Waals surface area (Å²) in [5.41, 5.74) is 0. The first-order chi connectivity index (χ1) is 3.55. The number of carboxylic acids is 2. The van der Waals surface area contributed by atoms with E-state index in [9.17, 15) is 19.8 Å². The van der Waals surface area contributed by atoms with Crippen molar-refractivity contribution in [3.8, 4) is 0 Å². The molecule has 0 aliphatic carbocycles. The minimum Gasteiger partial charge on any atom is -0.548 e. The molecule has 0 atom stereocenters. The second-order valence-electron chi connectivity index (χ2n) is 1.00. The Morgan fingerprint density at radius 2 is 1.30 bits per heavy atom. The third-order valence-corrected chi connectivity index (χ3v) is 0.770. The zero-order chi connectivity index (χ0) is 6.73. The summed E-state index contributed by atoms with van der Waals surface area (Å²) in [7, 11) is 0. The van der Waals surface area contributed by atoms with Gasteiger partial charge in [-0.05, 0) is 0 Å². The number of carbonyl (C=O) groups excluding carboxylic acids is 2. The fourth-order valence-electron chi connectivity index (χ4n) is 0.0962. The Hall–Kier alpha value is 0.425. The van der Waals surface area contributed by atoms with E-state index in [1.54, 1.807) is 0 Å². The van der Waals surface area contributed by atoms with Crippen LogP contribution in [-0.2, 0) is 9.59 Å². The van der Waals surface area contributed by atoms with Gasteiger partial charge in [0.15, 0.2) is 0 Å². The molecule has 0 spiro atoms. The van der Waals surface area contributed by atoms with Gasteiger partial charge in [-0.1, -0.05) is 0 Å². The van der Waals surface area contributed by atoms with Gasteiger partial charge in [-0.15, -0.1) is 11.6 Å². The molecule has 0 radical (unpaired) electrons. The van der Waals surface area contributed by atoms with Gasteiger partial charge in [0, 0.05) is 0 Å². The van der Waals surface area contributed by atoms with Crippen molar-refractivity contribution in [2.24, 2.45) is 0 Å². The standard InChI is InChI=1S/C3H3ClO4.2Li/c4-1(2(5)6)3(7)8;;/h1H,(H,5,6)(H,7,8);;/q;2*+1/p-2. The van der Waals surface area contributed by atoms with Crippen LogP contribution in [0.3, 0.4) is 0 Å². The Morgan fingerprint density at radius 1 is 1.10 bits per heavy atom. The maximum absolute atomic E-state index is 9.48. The van der Waals surface area contributed by atoms with E-state index in [2.05, 4.69) is 11.6 Å². The van der Waals surface area contributed by atoms with Gasteiger partial charge in [0.1, 0.15) is 5.38 Å². The summed E-state index contributed by atoms with van der Waals surface area (Å²) in [6.07, 6.45) is 0. The number of carbonyl (C=O) groups is 2. The molecule has 0 aromatic rings. The molecule has 0 bridgehead atoms. The number of hydrogen-bond acceptors (Lipinski definition) is 4. The first-order valence-electron chi connectivity index (χ1n) is 1.61. The summed E-state index contributed by atoms with van der Waals surface area (Å²) in [6, 6.07) is 0. The SMILES string of the molecule is O=C([O-])C(Cl)C(=O)[O-].[Li+].[Li+]. The molecule has 0 aromatic heterocycles. The van der Waals surface area contributed by atoms with Gasteiger partial charge in [-0.2, -0.15) is 0 Å². The first-order valence-corrected chi connectivity index (χ1v) is 2.05. The third-order valence-electron chi connectivity index (χ3n) is 0.414. The Morgan fingerprint density at radius 3 is 1.30 bits per heavy atom. The van der Waals surface area contributed by atoms with E-state index in [0.29, 0.717) is 0 Å². The molecular weight excluding hydrogens is 149 g/mol. The number of halogens is 1. The summed E-state index contributed by atoms with van der Waals surface area (Å²) in [4.78, 5) is 19.0. The van der Waals surface area contributed by atoms with E-state index >= 15 is 0 Å². The van der Waals surface area contributed by atoms with Crippen molar-refractivity contribution in [1.82, 2.24) is 0 Å². The molecule has 0 unspecified atom stereocenters. The average molecular weight is 150 g/mol. The molecule has 0 aromatic carbocycles. The van der Waals surface area contributed by atoms with E-state index in [4.69, 9.17) is 0 Å². The third kappa shape index (κ3) is 6.54. The number of alkyl halides is 1. The van der Waals surface area contributed by atoms with Crippen LogP contribution in [0.2, 0.25) is 0 Å². The van der Waals surface area contributed by atoms with Crippen molar-refractivity contribution in [3.63, 3.8) is 0 Å². The van der Waals surface area contributed by atoms with Crippen molar-refractivity contribution >= 4 is 23.5 Å². The fourth-order valence-corrected chi connectivity index (χ4v) is 0.0962. The molecule has 0 N–H and O–H groups in total. The Labute approximate surface area is 86.3 Å². The molecule has 0 amide bonds. The summed E-state index contributed by atoms with van der Waals surface area (Å²) in [6.45, 7) is 0. The van der Waals surface area contributed by atoms with E-state index < -0.39 is 17.3 Å². The van der Waals surface area contributed by atoms with Crippen LogP contribution in [0.1, 0.15) is 0 Å². The maximum atomic E-state index is 9.48. The zero-order valence-corrected chi connectivity index (χ0v) is 6.34. The normalized spacial score (nSPS) is 7.40. The van der Waals surface area contributed by atoms with Crippen LogP contribution in [0.25, 0.3) is 0 Å². The smallest absolute Gasteiger partial charge is 0.548 e. The van der Waals surface area contributed by atoms with Crippen LogP contribution < -0.4 is 47.9 Å². The minimum absolute atomic E-state index is 0. The molecule has 0 aliphatic heterocycles. The van der Waals surface area contributed by atoms with Crippen molar-refractivity contribution in [3.05, 3.63) is 0 Å². The molecule has 4 nitrogen and oxygen atoms in total. The second-order valence-corrected chi connectivity index (χ2v) is 1.44. The van der Waals surface area contributed by atoms with E-state index in [0.717, 1.165) is 0 Å². The molecule has 0 heterocycles. The number of aliphatic carboxylic acids is 2. The summed E-state index contributed by atoms with van der Waals surface area (Å²) in [5, 5.41) is 16.9. The van der Waals surface area contributed by atoms with Crippen molar-refractivity contribution < 1.29 is 57.5 Å². The fraction of sp³-hybridized carbons (Fsp3) is 0.333. The van der Waals surface area contributed by atoms with Crippen molar-refractivity contribution in [2.45, 2.75) is 5.38 Å². The molecule has 0 saturated carbocycles. The minimum atomic E-state index is -2.05. The van der Waals surface area contributed by atoms with Crippen LogP contribution in [0.4, 0.5) is 0 Å². The van der Waals surface area contributed by atoms with Crippen LogP contribution in [0.5, 0.6) is 0 Å².